The Morgan fingerprint density at radius 3 is 2.97 bits per heavy atom. The number of aromatic amines is 1. The van der Waals surface area contributed by atoms with Gasteiger partial charge in [-0.1, -0.05) is 22.0 Å². The molecular weight excluding hydrogens is 466 g/mol. The number of H-pyrrole nitrogens is 1. The van der Waals surface area contributed by atoms with E-state index in [1.54, 1.807) is 18.5 Å². The van der Waals surface area contributed by atoms with Gasteiger partial charge in [0.15, 0.2) is 0 Å². The quantitative estimate of drug-likeness (QED) is 0.382. The van der Waals surface area contributed by atoms with Crippen LogP contribution >= 0.6 is 28.6 Å². The molecule has 3 atom stereocenters. The van der Waals surface area contributed by atoms with Crippen LogP contribution in [0, 0.1) is 5.92 Å². The van der Waals surface area contributed by atoms with E-state index in [1.165, 1.54) is 5.56 Å². The van der Waals surface area contributed by atoms with Crippen molar-refractivity contribution in [3.8, 4) is 0 Å². The van der Waals surface area contributed by atoms with E-state index in [0.29, 0.717) is 11.4 Å². The average Bonchev–Trinajstić information content (AvgIpc) is 3.32. The number of hydrogen-bond donors (Lipinski definition) is 4. The van der Waals surface area contributed by atoms with Gasteiger partial charge in [0, 0.05) is 34.4 Å². The lowest BCUT2D eigenvalue weighted by Gasteiger charge is -2.24. The Morgan fingerprint density at radius 1 is 1.37 bits per heavy atom. The minimum Gasteiger partial charge on any atom is -0.480 e. The lowest BCUT2D eigenvalue weighted by Crippen LogP contribution is -2.46. The van der Waals surface area contributed by atoms with Gasteiger partial charge in [-0.25, -0.2) is 9.78 Å². The van der Waals surface area contributed by atoms with Crippen molar-refractivity contribution in [1.29, 1.82) is 0 Å². The zero-order chi connectivity index (χ0) is 21.3. The number of nitrogens with zero attached hydrogens (tertiary/aromatic N) is 1. The number of aromatic nitrogens is 2. The molecule has 1 aliphatic carbocycles. The predicted octanol–water partition coefficient (Wildman–Crippen LogP) is 3.71. The summed E-state index contributed by atoms with van der Waals surface area (Å²) in [6.07, 6.45) is 5.37. The van der Waals surface area contributed by atoms with Crippen molar-refractivity contribution >= 4 is 51.5 Å². The summed E-state index contributed by atoms with van der Waals surface area (Å²) in [6, 6.07) is 8.79. The molecule has 0 radical (unpaired) electrons. The topological polar surface area (TPSA) is 95.1 Å². The number of carbonyl (C=O) groups is 2. The van der Waals surface area contributed by atoms with Crippen LogP contribution in [0.3, 0.4) is 0 Å². The highest BCUT2D eigenvalue weighted by Crippen LogP contribution is 2.40. The average molecular weight is 488 g/mol. The molecule has 0 aliphatic heterocycles. The van der Waals surface area contributed by atoms with Crippen molar-refractivity contribution in [2.24, 2.45) is 5.92 Å². The molecule has 6 nitrogen and oxygen atoms in total. The number of aliphatic carboxylic acids is 1. The third kappa shape index (κ3) is 4.11. The largest absolute Gasteiger partial charge is 0.480 e. The predicted molar refractivity (Wildman–Crippen MR) is 122 cm³/mol. The van der Waals surface area contributed by atoms with Gasteiger partial charge in [-0.3, -0.25) is 4.79 Å². The standard InChI is InChI=1S/C22H22BrN3O3S/c23-14-4-6-15-12(8-14)3-5-17(15)18(11-30)21(27)26-19(22(28)29)9-13-10-25-20-16(13)2-1-7-24-20/h1-2,4,6-8,10,17-19,30H,3,5,9,11H2,(H,24,25)(H,26,27)(H,28,29)/t17-,18+,19-/m0/s1. The molecule has 1 aliphatic rings. The zero-order valence-electron chi connectivity index (χ0n) is 16.1. The number of benzene rings is 1. The van der Waals surface area contributed by atoms with Crippen molar-refractivity contribution in [3.05, 3.63) is 63.9 Å². The van der Waals surface area contributed by atoms with Crippen LogP contribution in [0.2, 0.25) is 0 Å². The second-order valence-electron chi connectivity index (χ2n) is 7.59. The summed E-state index contributed by atoms with van der Waals surface area (Å²) in [5.41, 5.74) is 3.89. The highest BCUT2D eigenvalue weighted by molar-refractivity contribution is 9.10. The van der Waals surface area contributed by atoms with Crippen LogP contribution in [-0.2, 0) is 22.4 Å². The van der Waals surface area contributed by atoms with Crippen LogP contribution in [-0.4, -0.2) is 38.7 Å². The Balaban J connectivity index is 1.52. The third-order valence-corrected chi connectivity index (χ3v) is 6.71. The fourth-order valence-corrected chi connectivity index (χ4v) is 5.14. The Kier molecular flexibility index (Phi) is 6.15. The number of rotatable bonds is 7. The van der Waals surface area contributed by atoms with E-state index in [0.717, 1.165) is 33.8 Å². The monoisotopic (exact) mass is 487 g/mol. The molecule has 4 rings (SSSR count). The molecule has 1 aromatic carbocycles. The number of amides is 1. The minimum atomic E-state index is -1.06. The number of aryl methyl sites for hydroxylation is 1. The van der Waals surface area contributed by atoms with Crippen molar-refractivity contribution in [2.45, 2.75) is 31.2 Å². The highest BCUT2D eigenvalue weighted by atomic mass is 79.9. The van der Waals surface area contributed by atoms with E-state index < -0.39 is 12.0 Å². The first-order valence-electron chi connectivity index (χ1n) is 9.81. The summed E-state index contributed by atoms with van der Waals surface area (Å²) >= 11 is 7.92. The van der Waals surface area contributed by atoms with E-state index in [4.69, 9.17) is 0 Å². The van der Waals surface area contributed by atoms with Crippen molar-refractivity contribution in [1.82, 2.24) is 15.3 Å². The molecule has 0 bridgehead atoms. The molecule has 0 unspecified atom stereocenters. The molecule has 2 aromatic heterocycles. The molecule has 8 heteroatoms. The van der Waals surface area contributed by atoms with Gasteiger partial charge in [0.2, 0.25) is 5.91 Å². The Labute approximate surface area is 188 Å². The lowest BCUT2D eigenvalue weighted by molar-refractivity contribution is -0.142. The van der Waals surface area contributed by atoms with Crippen molar-refractivity contribution in [3.63, 3.8) is 0 Å². The maximum Gasteiger partial charge on any atom is 0.326 e. The Hall–Kier alpha value is -2.32. The second-order valence-corrected chi connectivity index (χ2v) is 8.88. The molecule has 3 aromatic rings. The van der Waals surface area contributed by atoms with Crippen LogP contribution in [0.1, 0.15) is 29.0 Å². The van der Waals surface area contributed by atoms with Gasteiger partial charge >= 0.3 is 5.97 Å². The SMILES string of the molecule is O=C(O)[C@H](Cc1c[nH]c2ncccc12)NC(=O)[C@H](CS)[C@H]1CCc2cc(Br)ccc21. The molecular formula is C22H22BrN3O3S. The Morgan fingerprint density at radius 2 is 2.20 bits per heavy atom. The van der Waals surface area contributed by atoms with Crippen LogP contribution < -0.4 is 5.32 Å². The first-order chi connectivity index (χ1) is 14.5. The number of hydrogen-bond acceptors (Lipinski definition) is 4. The first-order valence-corrected chi connectivity index (χ1v) is 11.2. The molecule has 3 N–H and O–H groups in total. The molecule has 0 saturated carbocycles. The molecule has 30 heavy (non-hydrogen) atoms. The number of nitrogens with one attached hydrogen (secondary N) is 2. The van der Waals surface area contributed by atoms with Gasteiger partial charge in [-0.15, -0.1) is 0 Å². The summed E-state index contributed by atoms with van der Waals surface area (Å²) < 4.78 is 1.02. The maximum absolute atomic E-state index is 13.1. The van der Waals surface area contributed by atoms with Gasteiger partial charge in [0.1, 0.15) is 11.7 Å². The second kappa shape index (κ2) is 8.81. The van der Waals surface area contributed by atoms with Crippen LogP contribution in [0.5, 0.6) is 0 Å². The van der Waals surface area contributed by atoms with Crippen LogP contribution in [0.15, 0.2) is 47.2 Å². The van der Waals surface area contributed by atoms with E-state index in [9.17, 15) is 14.7 Å². The van der Waals surface area contributed by atoms with E-state index in [2.05, 4.69) is 56.0 Å². The fourth-order valence-electron chi connectivity index (χ4n) is 4.31. The number of carboxylic acid groups (broad SMARTS) is 1. The van der Waals surface area contributed by atoms with Gasteiger partial charge in [0.05, 0.1) is 5.92 Å². The van der Waals surface area contributed by atoms with Gasteiger partial charge in [0.25, 0.3) is 0 Å². The van der Waals surface area contributed by atoms with Crippen LogP contribution in [0.25, 0.3) is 11.0 Å². The van der Waals surface area contributed by atoms with Gasteiger partial charge < -0.3 is 15.4 Å². The van der Waals surface area contributed by atoms with Gasteiger partial charge in [-0.2, -0.15) is 12.6 Å². The lowest BCUT2D eigenvalue weighted by atomic mass is 9.87. The molecule has 1 amide bonds. The number of halogens is 1. The molecule has 0 fully saturated rings. The number of carbonyl (C=O) groups excluding carboxylic acids is 1. The number of thiol groups is 1. The summed E-state index contributed by atoms with van der Waals surface area (Å²) in [6.45, 7) is 0. The van der Waals surface area contributed by atoms with Crippen molar-refractivity contribution in [2.75, 3.05) is 5.75 Å². The zero-order valence-corrected chi connectivity index (χ0v) is 18.6. The van der Waals surface area contributed by atoms with E-state index in [-0.39, 0.29) is 24.2 Å². The highest BCUT2D eigenvalue weighted by Gasteiger charge is 2.35. The van der Waals surface area contributed by atoms with Gasteiger partial charge in [-0.05, 0) is 59.7 Å². The summed E-state index contributed by atoms with van der Waals surface area (Å²) in [4.78, 5) is 32.3. The van der Waals surface area contributed by atoms with E-state index in [1.807, 2.05) is 12.1 Å². The normalized spacial score (nSPS) is 17.5. The van der Waals surface area contributed by atoms with E-state index >= 15 is 0 Å². The summed E-state index contributed by atoms with van der Waals surface area (Å²) in [7, 11) is 0. The number of fused-ring (bicyclic) bond motifs is 2. The molecule has 0 saturated heterocycles. The number of carboxylic acids is 1. The minimum absolute atomic E-state index is 0.0392. The molecule has 0 spiro atoms. The third-order valence-electron chi connectivity index (χ3n) is 5.82. The van der Waals surface area contributed by atoms with Crippen molar-refractivity contribution < 1.29 is 14.7 Å². The maximum atomic E-state index is 13.1. The first kappa shape index (κ1) is 20.9. The Bertz CT molecular complexity index is 1100. The smallest absolute Gasteiger partial charge is 0.326 e. The summed E-state index contributed by atoms with van der Waals surface area (Å²) in [5, 5.41) is 13.4. The fraction of sp³-hybridized carbons (Fsp3) is 0.318. The van der Waals surface area contributed by atoms with Crippen LogP contribution in [0.4, 0.5) is 0 Å². The summed E-state index contributed by atoms with van der Waals surface area (Å²) in [5.74, 6) is -1.32. The molecule has 156 valence electrons. The number of pyridine rings is 1. The molecule has 2 heterocycles.